The lowest BCUT2D eigenvalue weighted by Crippen LogP contribution is -2.24. The Labute approximate surface area is 153 Å². The Hall–Kier alpha value is -3.06. The lowest BCUT2D eigenvalue weighted by molar-refractivity contribution is -0.118. The molecule has 0 fully saturated rings. The first-order chi connectivity index (χ1) is 12.8. The van der Waals surface area contributed by atoms with Crippen LogP contribution >= 0.6 is 11.8 Å². The molecule has 6 nitrogen and oxygen atoms in total. The Morgan fingerprint density at radius 1 is 1.08 bits per heavy atom. The Bertz CT molecular complexity index is 994. The monoisotopic (exact) mass is 365 g/mol. The zero-order valence-corrected chi connectivity index (χ0v) is 14.5. The van der Waals surface area contributed by atoms with Crippen LogP contribution in [0.15, 0.2) is 74.8 Å². The Kier molecular flexibility index (Phi) is 4.70. The Morgan fingerprint density at radius 3 is 2.77 bits per heavy atom. The summed E-state index contributed by atoms with van der Waals surface area (Å²) in [5, 5.41) is 7.82. The predicted octanol–water partition coefficient (Wildman–Crippen LogP) is 3.89. The van der Waals surface area contributed by atoms with E-state index in [-0.39, 0.29) is 5.91 Å². The van der Waals surface area contributed by atoms with Gasteiger partial charge in [0.2, 0.25) is 11.7 Å². The number of rotatable bonds is 6. The topological polar surface area (TPSA) is 81.2 Å². The van der Waals surface area contributed by atoms with Crippen molar-refractivity contribution in [3.8, 4) is 11.5 Å². The van der Waals surface area contributed by atoms with E-state index in [1.807, 2.05) is 42.5 Å². The number of aromatic nitrogens is 2. The minimum Gasteiger partial charge on any atom is -0.453 e. The van der Waals surface area contributed by atoms with Crippen molar-refractivity contribution in [2.45, 2.75) is 11.4 Å². The second-order valence-electron chi connectivity index (χ2n) is 5.58. The first kappa shape index (κ1) is 16.4. The molecule has 0 aliphatic heterocycles. The fourth-order valence-corrected chi connectivity index (χ4v) is 3.15. The van der Waals surface area contributed by atoms with E-state index in [4.69, 9.17) is 8.94 Å². The number of pyridine rings is 1. The quantitative estimate of drug-likeness (QED) is 0.522. The van der Waals surface area contributed by atoms with Gasteiger partial charge in [0.05, 0.1) is 12.3 Å². The molecule has 0 aliphatic carbocycles. The highest BCUT2D eigenvalue weighted by Gasteiger charge is 2.12. The molecule has 7 heteroatoms. The molecule has 0 atom stereocenters. The average molecular weight is 365 g/mol. The number of thioether (sulfide) groups is 1. The molecular weight excluding hydrogens is 350 g/mol. The molecular formula is C19H15N3O3S. The third kappa shape index (κ3) is 3.78. The summed E-state index contributed by atoms with van der Waals surface area (Å²) in [6.07, 6.45) is 3.41. The van der Waals surface area contributed by atoms with Gasteiger partial charge in [-0.05, 0) is 24.3 Å². The third-order valence-corrected chi connectivity index (χ3v) is 4.73. The molecule has 1 N–H and O–H groups in total. The van der Waals surface area contributed by atoms with Crippen LogP contribution < -0.4 is 5.32 Å². The van der Waals surface area contributed by atoms with Crippen molar-refractivity contribution < 1.29 is 13.7 Å². The maximum Gasteiger partial charge on any atom is 0.230 e. The SMILES string of the molecule is O=C(CSc1ccncc1)NCc1cc(-c2cc3ccccc3o2)on1. The van der Waals surface area contributed by atoms with Crippen LogP contribution in [0.5, 0.6) is 0 Å². The summed E-state index contributed by atoms with van der Waals surface area (Å²) in [6.45, 7) is 0.305. The standard InChI is InChI=1S/C19H15N3O3S/c23-19(12-26-15-5-7-20-8-6-15)21-11-14-10-18(25-22-14)17-9-13-3-1-2-4-16(13)24-17/h1-10H,11-12H2,(H,21,23). The third-order valence-electron chi connectivity index (χ3n) is 3.71. The molecule has 3 aromatic heterocycles. The maximum absolute atomic E-state index is 12.0. The minimum atomic E-state index is -0.0694. The van der Waals surface area contributed by atoms with Crippen LogP contribution in [0.4, 0.5) is 0 Å². The first-order valence-electron chi connectivity index (χ1n) is 8.02. The van der Waals surface area contributed by atoms with Crippen LogP contribution in [0.3, 0.4) is 0 Å². The van der Waals surface area contributed by atoms with E-state index < -0.39 is 0 Å². The molecule has 130 valence electrons. The van der Waals surface area contributed by atoms with Crippen molar-refractivity contribution in [1.29, 1.82) is 0 Å². The van der Waals surface area contributed by atoms with E-state index in [1.54, 1.807) is 18.5 Å². The summed E-state index contributed by atoms with van der Waals surface area (Å²) in [5.74, 6) is 1.42. The molecule has 0 bridgehead atoms. The van der Waals surface area contributed by atoms with E-state index in [0.29, 0.717) is 29.5 Å². The highest BCUT2D eigenvalue weighted by Crippen LogP contribution is 2.28. The zero-order valence-electron chi connectivity index (χ0n) is 13.7. The summed E-state index contributed by atoms with van der Waals surface area (Å²) in [6, 6.07) is 15.2. The fourth-order valence-electron chi connectivity index (χ4n) is 2.44. The highest BCUT2D eigenvalue weighted by molar-refractivity contribution is 8.00. The molecule has 0 unspecified atom stereocenters. The summed E-state index contributed by atoms with van der Waals surface area (Å²) in [5.41, 5.74) is 1.43. The number of hydrogen-bond donors (Lipinski definition) is 1. The van der Waals surface area contributed by atoms with E-state index in [2.05, 4.69) is 15.5 Å². The van der Waals surface area contributed by atoms with Gasteiger partial charge in [-0.15, -0.1) is 11.8 Å². The number of carbonyl (C=O) groups excluding carboxylic acids is 1. The highest BCUT2D eigenvalue weighted by atomic mass is 32.2. The van der Waals surface area contributed by atoms with Gasteiger partial charge in [0.15, 0.2) is 5.76 Å². The van der Waals surface area contributed by atoms with Gasteiger partial charge in [-0.3, -0.25) is 9.78 Å². The van der Waals surface area contributed by atoms with Crippen molar-refractivity contribution >= 4 is 28.6 Å². The van der Waals surface area contributed by atoms with Gasteiger partial charge in [-0.25, -0.2) is 0 Å². The van der Waals surface area contributed by atoms with Crippen LogP contribution in [0.2, 0.25) is 0 Å². The minimum absolute atomic E-state index is 0.0694. The second-order valence-corrected chi connectivity index (χ2v) is 6.63. The second kappa shape index (κ2) is 7.45. The number of nitrogens with zero attached hydrogens (tertiary/aromatic N) is 2. The molecule has 1 amide bonds. The summed E-state index contributed by atoms with van der Waals surface area (Å²) in [7, 11) is 0. The normalized spacial score (nSPS) is 10.9. The van der Waals surface area contributed by atoms with Gasteiger partial charge in [0, 0.05) is 28.7 Å². The van der Waals surface area contributed by atoms with E-state index in [0.717, 1.165) is 15.9 Å². The lowest BCUT2D eigenvalue weighted by Gasteiger charge is -2.02. The van der Waals surface area contributed by atoms with Gasteiger partial charge in [0.1, 0.15) is 11.3 Å². The number of amides is 1. The lowest BCUT2D eigenvalue weighted by atomic mass is 10.2. The van der Waals surface area contributed by atoms with Crippen LogP contribution in [-0.2, 0) is 11.3 Å². The molecule has 1 aromatic carbocycles. The molecule has 0 radical (unpaired) electrons. The van der Waals surface area contributed by atoms with Crippen molar-refractivity contribution in [3.05, 3.63) is 66.6 Å². The van der Waals surface area contributed by atoms with Crippen molar-refractivity contribution in [2.24, 2.45) is 0 Å². The predicted molar refractivity (Wildman–Crippen MR) is 98.5 cm³/mol. The molecule has 0 aliphatic rings. The smallest absolute Gasteiger partial charge is 0.230 e. The average Bonchev–Trinajstić information content (AvgIpc) is 3.32. The summed E-state index contributed by atoms with van der Waals surface area (Å²) in [4.78, 5) is 16.9. The van der Waals surface area contributed by atoms with E-state index in [1.165, 1.54) is 11.8 Å². The van der Waals surface area contributed by atoms with Crippen LogP contribution in [0, 0.1) is 0 Å². The number of para-hydroxylation sites is 1. The number of fused-ring (bicyclic) bond motifs is 1. The number of benzene rings is 1. The van der Waals surface area contributed by atoms with E-state index in [9.17, 15) is 4.79 Å². The Morgan fingerprint density at radius 2 is 1.92 bits per heavy atom. The molecule has 0 spiro atoms. The number of hydrogen-bond acceptors (Lipinski definition) is 6. The largest absolute Gasteiger partial charge is 0.453 e. The number of furan rings is 1. The van der Waals surface area contributed by atoms with Gasteiger partial charge in [0.25, 0.3) is 0 Å². The Balaban J connectivity index is 1.34. The van der Waals surface area contributed by atoms with Crippen LogP contribution in [-0.4, -0.2) is 21.8 Å². The number of carbonyl (C=O) groups is 1. The van der Waals surface area contributed by atoms with Gasteiger partial charge < -0.3 is 14.3 Å². The van der Waals surface area contributed by atoms with E-state index >= 15 is 0 Å². The van der Waals surface area contributed by atoms with Crippen molar-refractivity contribution in [2.75, 3.05) is 5.75 Å². The molecule has 26 heavy (non-hydrogen) atoms. The van der Waals surface area contributed by atoms with Gasteiger partial charge >= 0.3 is 0 Å². The first-order valence-corrected chi connectivity index (χ1v) is 9.00. The summed E-state index contributed by atoms with van der Waals surface area (Å²) < 4.78 is 11.1. The van der Waals surface area contributed by atoms with Gasteiger partial charge in [-0.1, -0.05) is 23.4 Å². The molecule has 3 heterocycles. The fraction of sp³-hybridized carbons (Fsp3) is 0.105. The van der Waals surface area contributed by atoms with Crippen molar-refractivity contribution in [3.63, 3.8) is 0 Å². The van der Waals surface area contributed by atoms with Gasteiger partial charge in [-0.2, -0.15) is 0 Å². The van der Waals surface area contributed by atoms with Crippen LogP contribution in [0.25, 0.3) is 22.5 Å². The molecule has 4 aromatic rings. The molecule has 0 saturated carbocycles. The molecule has 4 rings (SSSR count). The number of nitrogens with one attached hydrogen (secondary N) is 1. The molecule has 0 saturated heterocycles. The zero-order chi connectivity index (χ0) is 17.8. The van der Waals surface area contributed by atoms with Crippen LogP contribution in [0.1, 0.15) is 5.69 Å². The summed E-state index contributed by atoms with van der Waals surface area (Å²) >= 11 is 1.46. The van der Waals surface area contributed by atoms with Crippen molar-refractivity contribution in [1.82, 2.24) is 15.5 Å². The maximum atomic E-state index is 12.0.